The van der Waals surface area contributed by atoms with Crippen LogP contribution in [0.25, 0.3) is 0 Å². The first kappa shape index (κ1) is 16.0. The van der Waals surface area contributed by atoms with Crippen LogP contribution in [0.5, 0.6) is 0 Å². The summed E-state index contributed by atoms with van der Waals surface area (Å²) in [5, 5.41) is 12.4. The maximum absolute atomic E-state index is 9.00. The Morgan fingerprint density at radius 2 is 2.16 bits per heavy atom. The number of nitrogens with one attached hydrogen (secondary N) is 1. The Morgan fingerprint density at radius 1 is 1.42 bits per heavy atom. The van der Waals surface area contributed by atoms with Crippen molar-refractivity contribution >= 4 is 0 Å². The Balaban J connectivity index is 2.41. The van der Waals surface area contributed by atoms with Crippen LogP contribution in [-0.2, 0) is 13.1 Å². The first-order valence-electron chi connectivity index (χ1n) is 6.88. The van der Waals surface area contributed by atoms with Gasteiger partial charge in [0.25, 0.3) is 0 Å². The highest BCUT2D eigenvalue weighted by molar-refractivity contribution is 5.07. The summed E-state index contributed by atoms with van der Waals surface area (Å²) in [6.45, 7) is 12.1. The van der Waals surface area contributed by atoms with Crippen LogP contribution in [-0.4, -0.2) is 36.2 Å². The minimum absolute atomic E-state index is 0.150. The molecule has 0 aliphatic carbocycles. The minimum atomic E-state index is 0.150. The highest BCUT2D eigenvalue weighted by Crippen LogP contribution is 2.10. The molecule has 0 radical (unpaired) electrons. The smallest absolute Gasteiger partial charge is 0.118 e. The molecule has 0 saturated carbocycles. The number of hydrogen-bond donors (Lipinski definition) is 2. The summed E-state index contributed by atoms with van der Waals surface area (Å²) in [6, 6.07) is 4.01. The molecule has 4 heteroatoms. The summed E-state index contributed by atoms with van der Waals surface area (Å²) in [5.74, 6) is 2.52. The van der Waals surface area contributed by atoms with Crippen LogP contribution in [0.1, 0.15) is 25.4 Å². The average Bonchev–Trinajstić information content (AvgIpc) is 2.77. The molecule has 0 aliphatic rings. The standard InChI is InChI=1S/C15H26N2O2/c1-4-7-17(8-9-18)12-15-6-5-14(19-15)11-16-10-13(2)3/h4-6,13,16,18H,1,7-12H2,2-3H3. The van der Waals surface area contributed by atoms with Crippen LogP contribution in [0.4, 0.5) is 0 Å². The van der Waals surface area contributed by atoms with Crippen LogP contribution in [0.2, 0.25) is 0 Å². The van der Waals surface area contributed by atoms with Crippen molar-refractivity contribution in [2.75, 3.05) is 26.2 Å². The Hall–Kier alpha value is -1.10. The van der Waals surface area contributed by atoms with Crippen LogP contribution >= 0.6 is 0 Å². The van der Waals surface area contributed by atoms with Gasteiger partial charge in [0, 0.05) is 13.1 Å². The summed E-state index contributed by atoms with van der Waals surface area (Å²) in [7, 11) is 0. The molecule has 1 heterocycles. The van der Waals surface area contributed by atoms with E-state index in [0.29, 0.717) is 19.0 Å². The van der Waals surface area contributed by atoms with Crippen molar-refractivity contribution in [2.45, 2.75) is 26.9 Å². The molecule has 108 valence electrons. The molecule has 4 nitrogen and oxygen atoms in total. The van der Waals surface area contributed by atoms with Crippen molar-refractivity contribution in [2.24, 2.45) is 5.92 Å². The lowest BCUT2D eigenvalue weighted by atomic mass is 10.2. The maximum atomic E-state index is 9.00. The van der Waals surface area contributed by atoms with Gasteiger partial charge in [0.2, 0.25) is 0 Å². The van der Waals surface area contributed by atoms with E-state index in [2.05, 4.69) is 30.6 Å². The number of hydrogen-bond acceptors (Lipinski definition) is 4. The largest absolute Gasteiger partial charge is 0.463 e. The van der Waals surface area contributed by atoms with E-state index in [1.807, 2.05) is 18.2 Å². The van der Waals surface area contributed by atoms with Gasteiger partial charge in [0.15, 0.2) is 0 Å². The van der Waals surface area contributed by atoms with Crippen molar-refractivity contribution in [3.8, 4) is 0 Å². The SMILES string of the molecule is C=CCN(CCO)Cc1ccc(CNCC(C)C)o1. The lowest BCUT2D eigenvalue weighted by Gasteiger charge is -2.17. The lowest BCUT2D eigenvalue weighted by Crippen LogP contribution is -2.26. The molecule has 1 aromatic heterocycles. The van der Waals surface area contributed by atoms with Gasteiger partial charge >= 0.3 is 0 Å². The fourth-order valence-electron chi connectivity index (χ4n) is 1.87. The summed E-state index contributed by atoms with van der Waals surface area (Å²) in [4.78, 5) is 2.09. The molecular formula is C15H26N2O2. The Bertz CT molecular complexity index is 361. The van der Waals surface area contributed by atoms with E-state index in [4.69, 9.17) is 9.52 Å². The quantitative estimate of drug-likeness (QED) is 0.636. The van der Waals surface area contributed by atoms with E-state index >= 15 is 0 Å². The number of aliphatic hydroxyl groups is 1. The van der Waals surface area contributed by atoms with Crippen molar-refractivity contribution in [1.29, 1.82) is 0 Å². The van der Waals surface area contributed by atoms with Crippen molar-refractivity contribution in [3.05, 3.63) is 36.3 Å². The monoisotopic (exact) mass is 266 g/mol. The van der Waals surface area contributed by atoms with E-state index in [1.165, 1.54) is 0 Å². The fraction of sp³-hybridized carbons (Fsp3) is 0.600. The average molecular weight is 266 g/mol. The van der Waals surface area contributed by atoms with Gasteiger partial charge in [-0.3, -0.25) is 4.90 Å². The second-order valence-corrected chi connectivity index (χ2v) is 5.14. The summed E-state index contributed by atoms with van der Waals surface area (Å²) in [6.07, 6.45) is 1.84. The van der Waals surface area contributed by atoms with Gasteiger partial charge in [0.1, 0.15) is 11.5 Å². The van der Waals surface area contributed by atoms with Gasteiger partial charge in [0.05, 0.1) is 19.7 Å². The van der Waals surface area contributed by atoms with E-state index in [1.54, 1.807) is 0 Å². The molecule has 0 amide bonds. The van der Waals surface area contributed by atoms with E-state index in [-0.39, 0.29) is 6.61 Å². The van der Waals surface area contributed by atoms with Crippen LogP contribution in [0.3, 0.4) is 0 Å². The van der Waals surface area contributed by atoms with Gasteiger partial charge < -0.3 is 14.8 Å². The zero-order valence-electron chi connectivity index (χ0n) is 12.1. The molecule has 1 rings (SSSR count). The minimum Gasteiger partial charge on any atom is -0.463 e. The molecule has 0 unspecified atom stereocenters. The number of furan rings is 1. The number of aliphatic hydroxyl groups excluding tert-OH is 1. The molecule has 0 saturated heterocycles. The first-order valence-corrected chi connectivity index (χ1v) is 6.88. The predicted molar refractivity (Wildman–Crippen MR) is 77.8 cm³/mol. The Labute approximate surface area is 116 Å². The van der Waals surface area contributed by atoms with Gasteiger partial charge in [-0.15, -0.1) is 6.58 Å². The van der Waals surface area contributed by atoms with E-state index in [0.717, 1.165) is 31.2 Å². The van der Waals surface area contributed by atoms with Crippen molar-refractivity contribution in [1.82, 2.24) is 10.2 Å². The molecule has 1 aromatic rings. The Morgan fingerprint density at radius 3 is 2.79 bits per heavy atom. The van der Waals surface area contributed by atoms with E-state index in [9.17, 15) is 0 Å². The normalized spacial score (nSPS) is 11.4. The van der Waals surface area contributed by atoms with Crippen molar-refractivity contribution in [3.63, 3.8) is 0 Å². The summed E-state index contributed by atoms with van der Waals surface area (Å²) >= 11 is 0. The highest BCUT2D eigenvalue weighted by atomic mass is 16.3. The fourth-order valence-corrected chi connectivity index (χ4v) is 1.87. The van der Waals surface area contributed by atoms with Gasteiger partial charge in [-0.2, -0.15) is 0 Å². The van der Waals surface area contributed by atoms with Crippen molar-refractivity contribution < 1.29 is 9.52 Å². The molecule has 0 aromatic carbocycles. The predicted octanol–water partition coefficient (Wildman–Crippen LogP) is 2.01. The highest BCUT2D eigenvalue weighted by Gasteiger charge is 2.07. The molecule has 0 aliphatic heterocycles. The van der Waals surface area contributed by atoms with Crippen LogP contribution < -0.4 is 5.32 Å². The van der Waals surface area contributed by atoms with Crippen LogP contribution in [0, 0.1) is 5.92 Å². The molecule has 0 fully saturated rings. The first-order chi connectivity index (χ1) is 9.15. The van der Waals surface area contributed by atoms with E-state index < -0.39 is 0 Å². The van der Waals surface area contributed by atoms with Gasteiger partial charge in [-0.05, 0) is 24.6 Å². The number of nitrogens with zero attached hydrogens (tertiary/aromatic N) is 1. The third-order valence-electron chi connectivity index (χ3n) is 2.75. The topological polar surface area (TPSA) is 48.6 Å². The van der Waals surface area contributed by atoms with Gasteiger partial charge in [-0.1, -0.05) is 19.9 Å². The molecule has 2 N–H and O–H groups in total. The summed E-state index contributed by atoms with van der Waals surface area (Å²) in [5.41, 5.74) is 0. The zero-order valence-corrected chi connectivity index (χ0v) is 12.1. The molecular weight excluding hydrogens is 240 g/mol. The lowest BCUT2D eigenvalue weighted by molar-refractivity contribution is 0.193. The molecule has 0 atom stereocenters. The molecule has 0 spiro atoms. The molecule has 19 heavy (non-hydrogen) atoms. The molecule has 0 bridgehead atoms. The third-order valence-corrected chi connectivity index (χ3v) is 2.75. The maximum Gasteiger partial charge on any atom is 0.118 e. The van der Waals surface area contributed by atoms with Gasteiger partial charge in [-0.25, -0.2) is 0 Å². The third kappa shape index (κ3) is 6.57. The second-order valence-electron chi connectivity index (χ2n) is 5.14. The Kier molecular flexibility index (Phi) is 7.48. The summed E-state index contributed by atoms with van der Waals surface area (Å²) < 4.78 is 5.77. The van der Waals surface area contributed by atoms with Crippen LogP contribution in [0.15, 0.2) is 29.2 Å². The number of rotatable bonds is 10. The second kappa shape index (κ2) is 8.91. The zero-order chi connectivity index (χ0) is 14.1.